The minimum Gasteiger partial charge on any atom is -0.336 e. The number of nitrogens with one attached hydrogen (secondary N) is 1. The molecule has 24 heavy (non-hydrogen) atoms. The van der Waals surface area contributed by atoms with Crippen molar-refractivity contribution in [2.75, 3.05) is 13.6 Å². The fraction of sp³-hybridized carbons (Fsp3) is 0.412. The minimum atomic E-state index is -0.346. The molecule has 1 saturated heterocycles. The van der Waals surface area contributed by atoms with Crippen molar-refractivity contribution in [1.82, 2.24) is 19.8 Å². The molecule has 2 atom stereocenters. The summed E-state index contributed by atoms with van der Waals surface area (Å²) in [6, 6.07) is 4.43. The quantitative estimate of drug-likeness (QED) is 0.901. The summed E-state index contributed by atoms with van der Waals surface area (Å²) < 4.78 is 15.3. The van der Waals surface area contributed by atoms with Crippen LogP contribution in [0, 0.1) is 11.7 Å². The van der Waals surface area contributed by atoms with Gasteiger partial charge in [0.1, 0.15) is 11.6 Å². The van der Waals surface area contributed by atoms with Gasteiger partial charge in [-0.15, -0.1) is 0 Å². The molecule has 0 saturated carbocycles. The van der Waals surface area contributed by atoms with Crippen molar-refractivity contribution in [2.24, 2.45) is 13.0 Å². The third kappa shape index (κ3) is 3.44. The van der Waals surface area contributed by atoms with E-state index in [1.807, 2.05) is 24.9 Å². The van der Waals surface area contributed by atoms with Crippen LogP contribution in [0.4, 0.5) is 4.39 Å². The molecule has 0 aliphatic carbocycles. The van der Waals surface area contributed by atoms with Crippen molar-refractivity contribution < 1.29 is 9.18 Å². The molecule has 0 radical (unpaired) electrons. The lowest BCUT2D eigenvalue weighted by Gasteiger charge is -2.24. The molecule has 3 rings (SSSR count). The van der Waals surface area contributed by atoms with E-state index in [1.165, 1.54) is 12.1 Å². The van der Waals surface area contributed by atoms with Crippen molar-refractivity contribution in [1.29, 1.82) is 0 Å². The molecule has 1 aliphatic rings. The van der Waals surface area contributed by atoms with Crippen LogP contribution in [0.1, 0.15) is 23.9 Å². The van der Waals surface area contributed by atoms with Crippen LogP contribution in [-0.2, 0) is 18.4 Å². The Morgan fingerprint density at radius 3 is 2.83 bits per heavy atom. The van der Waals surface area contributed by atoms with Gasteiger partial charge in [-0.25, -0.2) is 9.37 Å². The standard InChI is InChI=1S/C17H20ClFN4O/c1-22-4-3-21-17(22)16-12(7-15(24)23(16)2)10-20-9-11-5-13(18)8-14(19)6-11/h3-6,8,12,16,20H,7,9-10H2,1-2H3/t12-,16+/m0/s1. The van der Waals surface area contributed by atoms with Crippen molar-refractivity contribution >= 4 is 17.5 Å². The molecule has 0 unspecified atom stereocenters. The van der Waals surface area contributed by atoms with Gasteiger partial charge in [-0.3, -0.25) is 4.79 Å². The summed E-state index contributed by atoms with van der Waals surface area (Å²) >= 11 is 5.87. The van der Waals surface area contributed by atoms with Crippen LogP contribution in [0.5, 0.6) is 0 Å². The number of likely N-dealkylation sites (tertiary alicyclic amines) is 1. The van der Waals surface area contributed by atoms with E-state index in [1.54, 1.807) is 17.2 Å². The Labute approximate surface area is 145 Å². The van der Waals surface area contributed by atoms with E-state index in [4.69, 9.17) is 11.6 Å². The average molecular weight is 351 g/mol. The topological polar surface area (TPSA) is 50.2 Å². The number of benzene rings is 1. The van der Waals surface area contributed by atoms with Crippen LogP contribution in [0.3, 0.4) is 0 Å². The predicted molar refractivity (Wildman–Crippen MR) is 89.9 cm³/mol. The summed E-state index contributed by atoms with van der Waals surface area (Å²) in [5, 5.41) is 3.69. The summed E-state index contributed by atoms with van der Waals surface area (Å²) in [5.74, 6) is 0.765. The number of imidazole rings is 1. The molecular formula is C17H20ClFN4O. The van der Waals surface area contributed by atoms with Crippen molar-refractivity contribution in [3.8, 4) is 0 Å². The highest BCUT2D eigenvalue weighted by molar-refractivity contribution is 6.30. The van der Waals surface area contributed by atoms with Crippen LogP contribution >= 0.6 is 11.6 Å². The number of carbonyl (C=O) groups is 1. The third-order valence-corrected chi connectivity index (χ3v) is 4.69. The average Bonchev–Trinajstić information content (AvgIpc) is 3.02. The molecule has 1 aromatic heterocycles. The lowest BCUT2D eigenvalue weighted by Crippen LogP contribution is -2.30. The number of halogens is 2. The van der Waals surface area contributed by atoms with Crippen LogP contribution < -0.4 is 5.32 Å². The number of hydrogen-bond acceptors (Lipinski definition) is 3. The molecule has 128 valence electrons. The fourth-order valence-corrected chi connectivity index (χ4v) is 3.54. The number of rotatable bonds is 5. The Morgan fingerprint density at radius 2 is 2.17 bits per heavy atom. The first-order valence-corrected chi connectivity index (χ1v) is 8.22. The Hall–Kier alpha value is -1.92. The van der Waals surface area contributed by atoms with Gasteiger partial charge in [0.05, 0.1) is 6.04 Å². The summed E-state index contributed by atoms with van der Waals surface area (Å²) in [5.41, 5.74) is 0.784. The van der Waals surface area contributed by atoms with Crippen LogP contribution in [0.2, 0.25) is 5.02 Å². The minimum absolute atomic E-state index is 0.0545. The van der Waals surface area contributed by atoms with Gasteiger partial charge in [0.25, 0.3) is 0 Å². The molecule has 0 spiro atoms. The molecular weight excluding hydrogens is 331 g/mol. The van der Waals surface area contributed by atoms with Gasteiger partial charge in [0, 0.05) is 56.9 Å². The van der Waals surface area contributed by atoms with Crippen LogP contribution in [0.15, 0.2) is 30.6 Å². The molecule has 2 heterocycles. The first kappa shape index (κ1) is 16.9. The molecule has 1 aliphatic heterocycles. The SMILES string of the molecule is CN1C(=O)C[C@@H](CNCc2cc(F)cc(Cl)c2)[C@@H]1c1nccn1C. The van der Waals surface area contributed by atoms with E-state index >= 15 is 0 Å². The smallest absolute Gasteiger partial charge is 0.223 e. The van der Waals surface area contributed by atoms with Gasteiger partial charge < -0.3 is 14.8 Å². The zero-order valence-corrected chi connectivity index (χ0v) is 14.4. The van der Waals surface area contributed by atoms with Crippen LogP contribution in [-0.4, -0.2) is 34.0 Å². The highest BCUT2D eigenvalue weighted by atomic mass is 35.5. The monoisotopic (exact) mass is 350 g/mol. The molecule has 1 aromatic carbocycles. The number of amides is 1. The summed E-state index contributed by atoms with van der Waals surface area (Å²) in [7, 11) is 3.74. The van der Waals surface area contributed by atoms with E-state index in [0.717, 1.165) is 11.4 Å². The van der Waals surface area contributed by atoms with E-state index in [0.29, 0.717) is 24.5 Å². The maximum atomic E-state index is 13.4. The second kappa shape index (κ2) is 6.91. The van der Waals surface area contributed by atoms with E-state index in [9.17, 15) is 9.18 Å². The Kier molecular flexibility index (Phi) is 4.87. The number of aromatic nitrogens is 2. The Balaban J connectivity index is 1.67. The van der Waals surface area contributed by atoms with Crippen molar-refractivity contribution in [3.63, 3.8) is 0 Å². The summed E-state index contributed by atoms with van der Waals surface area (Å²) in [4.78, 5) is 18.3. The first-order valence-electron chi connectivity index (χ1n) is 7.84. The third-order valence-electron chi connectivity index (χ3n) is 4.47. The van der Waals surface area contributed by atoms with E-state index in [2.05, 4.69) is 10.3 Å². The second-order valence-corrected chi connectivity index (χ2v) is 6.66. The normalized spacial score (nSPS) is 20.8. The maximum Gasteiger partial charge on any atom is 0.223 e. The molecule has 7 heteroatoms. The van der Waals surface area contributed by atoms with Gasteiger partial charge in [-0.1, -0.05) is 11.6 Å². The molecule has 1 N–H and O–H groups in total. The van der Waals surface area contributed by atoms with Crippen molar-refractivity contribution in [2.45, 2.75) is 19.0 Å². The highest BCUT2D eigenvalue weighted by Gasteiger charge is 2.40. The Bertz CT molecular complexity index is 728. The summed E-state index contributed by atoms with van der Waals surface area (Å²) in [6.45, 7) is 1.14. The van der Waals surface area contributed by atoms with Gasteiger partial charge in [0.2, 0.25) is 5.91 Å². The highest BCUT2D eigenvalue weighted by Crippen LogP contribution is 2.35. The molecule has 5 nitrogen and oxygen atoms in total. The Morgan fingerprint density at radius 1 is 1.38 bits per heavy atom. The van der Waals surface area contributed by atoms with E-state index in [-0.39, 0.29) is 23.7 Å². The predicted octanol–water partition coefficient (Wildman–Crippen LogP) is 2.52. The number of hydrogen-bond donors (Lipinski definition) is 1. The van der Waals surface area contributed by atoms with Gasteiger partial charge in [0.15, 0.2) is 0 Å². The second-order valence-electron chi connectivity index (χ2n) is 6.22. The van der Waals surface area contributed by atoms with Gasteiger partial charge in [-0.05, 0) is 23.8 Å². The van der Waals surface area contributed by atoms with Gasteiger partial charge in [-0.2, -0.15) is 0 Å². The fourth-order valence-electron chi connectivity index (χ4n) is 3.30. The number of nitrogens with zero attached hydrogens (tertiary/aromatic N) is 3. The first-order chi connectivity index (χ1) is 11.5. The largest absolute Gasteiger partial charge is 0.336 e. The molecule has 1 amide bonds. The lowest BCUT2D eigenvalue weighted by molar-refractivity contribution is -0.127. The molecule has 2 aromatic rings. The summed E-state index contributed by atoms with van der Waals surface area (Å²) in [6.07, 6.45) is 4.10. The lowest BCUT2D eigenvalue weighted by atomic mass is 9.99. The van der Waals surface area contributed by atoms with Gasteiger partial charge >= 0.3 is 0 Å². The maximum absolute atomic E-state index is 13.4. The molecule has 1 fully saturated rings. The number of carbonyl (C=O) groups excluding carboxylic acids is 1. The number of aryl methyl sites for hydroxylation is 1. The zero-order valence-electron chi connectivity index (χ0n) is 13.7. The molecule has 0 bridgehead atoms. The van der Waals surface area contributed by atoms with Crippen molar-refractivity contribution in [3.05, 3.63) is 52.8 Å². The van der Waals surface area contributed by atoms with Crippen LogP contribution in [0.25, 0.3) is 0 Å². The zero-order chi connectivity index (χ0) is 17.3. The van der Waals surface area contributed by atoms with E-state index < -0.39 is 0 Å².